The number of halogens is 2. The number of benzene rings is 1. The van der Waals surface area contributed by atoms with E-state index in [0.717, 1.165) is 24.6 Å². The third-order valence-electron chi connectivity index (χ3n) is 4.74. The zero-order valence-electron chi connectivity index (χ0n) is 15.0. The zero-order chi connectivity index (χ0) is 19.1. The largest absolute Gasteiger partial charge is 0.348 e. The summed E-state index contributed by atoms with van der Waals surface area (Å²) in [6.07, 6.45) is 1.52. The molecule has 2 aromatic heterocycles. The van der Waals surface area contributed by atoms with Gasteiger partial charge in [0.15, 0.2) is 10.9 Å². The van der Waals surface area contributed by atoms with Crippen molar-refractivity contribution in [3.63, 3.8) is 0 Å². The number of fused-ring (bicyclic) bond motifs is 1. The molecular formula is C18H19F2N5OS. The van der Waals surface area contributed by atoms with Crippen LogP contribution >= 0.6 is 11.3 Å². The molecule has 3 heterocycles. The Balaban J connectivity index is 1.41. The van der Waals surface area contributed by atoms with Gasteiger partial charge in [-0.05, 0) is 31.9 Å². The van der Waals surface area contributed by atoms with Crippen LogP contribution in [-0.4, -0.2) is 39.8 Å². The van der Waals surface area contributed by atoms with Crippen LogP contribution in [0.4, 0.5) is 13.9 Å². The molecule has 0 unspecified atom stereocenters. The summed E-state index contributed by atoms with van der Waals surface area (Å²) in [7, 11) is 1.75. The highest BCUT2D eigenvalue weighted by molar-refractivity contribution is 7.22. The minimum Gasteiger partial charge on any atom is -0.348 e. The molecule has 0 aliphatic carbocycles. The SMILES string of the molecule is Cc1cc(C(=O)NC2CCN(c3nc4c(F)cc(F)cc4s3)CC2)n(C)n1. The van der Waals surface area contributed by atoms with E-state index >= 15 is 0 Å². The Morgan fingerprint density at radius 3 is 2.67 bits per heavy atom. The molecule has 142 valence electrons. The average Bonchev–Trinajstić information content (AvgIpc) is 3.18. The predicted molar refractivity (Wildman–Crippen MR) is 100 cm³/mol. The van der Waals surface area contributed by atoms with Gasteiger partial charge in [-0.2, -0.15) is 5.10 Å². The first-order valence-corrected chi connectivity index (χ1v) is 9.54. The molecule has 6 nitrogen and oxygen atoms in total. The molecule has 1 aliphatic heterocycles. The predicted octanol–water partition coefficient (Wildman–Crippen LogP) is 3.02. The van der Waals surface area contributed by atoms with E-state index in [1.165, 1.54) is 17.4 Å². The number of piperidine rings is 1. The molecule has 1 aromatic carbocycles. The summed E-state index contributed by atoms with van der Waals surface area (Å²) in [5, 5.41) is 7.93. The lowest BCUT2D eigenvalue weighted by molar-refractivity contribution is 0.0921. The molecule has 4 rings (SSSR count). The van der Waals surface area contributed by atoms with Gasteiger partial charge in [-0.3, -0.25) is 9.48 Å². The van der Waals surface area contributed by atoms with Crippen LogP contribution in [0, 0.1) is 18.6 Å². The molecule has 1 saturated heterocycles. The molecule has 0 radical (unpaired) electrons. The monoisotopic (exact) mass is 391 g/mol. The van der Waals surface area contributed by atoms with Gasteiger partial charge in [0, 0.05) is 32.2 Å². The van der Waals surface area contributed by atoms with Gasteiger partial charge in [0.1, 0.15) is 17.0 Å². The summed E-state index contributed by atoms with van der Waals surface area (Å²) in [5.41, 5.74) is 1.55. The van der Waals surface area contributed by atoms with Crippen LogP contribution in [-0.2, 0) is 7.05 Å². The van der Waals surface area contributed by atoms with Crippen LogP contribution in [0.25, 0.3) is 10.2 Å². The number of anilines is 1. The minimum atomic E-state index is -0.638. The fourth-order valence-electron chi connectivity index (χ4n) is 3.38. The Morgan fingerprint density at radius 1 is 1.26 bits per heavy atom. The fourth-order valence-corrected chi connectivity index (χ4v) is 4.43. The molecule has 0 bridgehead atoms. The highest BCUT2D eigenvalue weighted by Gasteiger charge is 2.24. The number of carbonyl (C=O) groups excluding carboxylic acids is 1. The summed E-state index contributed by atoms with van der Waals surface area (Å²) in [6.45, 7) is 3.24. The van der Waals surface area contributed by atoms with E-state index in [9.17, 15) is 13.6 Å². The molecule has 1 N–H and O–H groups in total. The molecule has 1 fully saturated rings. The van der Waals surface area contributed by atoms with Crippen molar-refractivity contribution in [3.8, 4) is 0 Å². The van der Waals surface area contributed by atoms with Gasteiger partial charge >= 0.3 is 0 Å². The number of hydrogen-bond acceptors (Lipinski definition) is 5. The quantitative estimate of drug-likeness (QED) is 0.746. The van der Waals surface area contributed by atoms with Gasteiger partial charge < -0.3 is 10.2 Å². The van der Waals surface area contributed by atoms with Crippen LogP contribution in [0.5, 0.6) is 0 Å². The lowest BCUT2D eigenvalue weighted by atomic mass is 10.1. The maximum atomic E-state index is 13.9. The first-order chi connectivity index (χ1) is 12.9. The number of rotatable bonds is 3. The van der Waals surface area contributed by atoms with E-state index in [2.05, 4.69) is 20.3 Å². The van der Waals surface area contributed by atoms with Crippen LogP contribution < -0.4 is 10.2 Å². The molecular weight excluding hydrogens is 372 g/mol. The van der Waals surface area contributed by atoms with Crippen LogP contribution in [0.3, 0.4) is 0 Å². The van der Waals surface area contributed by atoms with Gasteiger partial charge in [-0.25, -0.2) is 13.8 Å². The summed E-state index contributed by atoms with van der Waals surface area (Å²) in [5.74, 6) is -1.36. The maximum Gasteiger partial charge on any atom is 0.269 e. The van der Waals surface area contributed by atoms with Crippen molar-refractivity contribution in [1.29, 1.82) is 0 Å². The molecule has 3 aromatic rings. The summed E-state index contributed by atoms with van der Waals surface area (Å²) in [6, 6.07) is 3.99. The van der Waals surface area contributed by atoms with E-state index in [1.54, 1.807) is 17.8 Å². The van der Waals surface area contributed by atoms with E-state index in [1.807, 2.05) is 6.92 Å². The van der Waals surface area contributed by atoms with E-state index in [-0.39, 0.29) is 17.5 Å². The van der Waals surface area contributed by atoms with Crippen LogP contribution in [0.1, 0.15) is 29.0 Å². The normalized spacial score (nSPS) is 15.5. The highest BCUT2D eigenvalue weighted by atomic mass is 32.1. The second kappa shape index (κ2) is 6.88. The first kappa shape index (κ1) is 17.8. The van der Waals surface area contributed by atoms with E-state index < -0.39 is 11.6 Å². The Bertz CT molecular complexity index is 1010. The third-order valence-corrected chi connectivity index (χ3v) is 5.80. The van der Waals surface area contributed by atoms with Crippen molar-refractivity contribution < 1.29 is 13.6 Å². The second-order valence-corrected chi connectivity index (χ2v) is 7.77. The Kier molecular flexibility index (Phi) is 4.55. The average molecular weight is 391 g/mol. The molecule has 9 heteroatoms. The second-order valence-electron chi connectivity index (χ2n) is 6.76. The van der Waals surface area contributed by atoms with Crippen LogP contribution in [0.2, 0.25) is 0 Å². The molecule has 1 aliphatic rings. The summed E-state index contributed by atoms with van der Waals surface area (Å²) < 4.78 is 29.3. The lowest BCUT2D eigenvalue weighted by Crippen LogP contribution is -2.45. The van der Waals surface area contributed by atoms with E-state index in [4.69, 9.17) is 0 Å². The number of aryl methyl sites for hydroxylation is 2. The number of nitrogens with one attached hydrogen (secondary N) is 1. The topological polar surface area (TPSA) is 63.1 Å². The molecule has 0 spiro atoms. The van der Waals surface area contributed by atoms with Crippen molar-refractivity contribution in [2.45, 2.75) is 25.8 Å². The number of thiazole rings is 1. The number of amides is 1. The number of aromatic nitrogens is 3. The van der Waals surface area contributed by atoms with Crippen molar-refractivity contribution in [2.24, 2.45) is 7.05 Å². The van der Waals surface area contributed by atoms with Gasteiger partial charge in [0.2, 0.25) is 0 Å². The Hall–Kier alpha value is -2.55. The molecule has 1 amide bonds. The lowest BCUT2D eigenvalue weighted by Gasteiger charge is -2.32. The van der Waals surface area contributed by atoms with Crippen molar-refractivity contribution in [1.82, 2.24) is 20.1 Å². The molecule has 0 atom stereocenters. The number of carbonyl (C=O) groups is 1. The fraction of sp³-hybridized carbons (Fsp3) is 0.389. The van der Waals surface area contributed by atoms with Gasteiger partial charge in [-0.15, -0.1) is 0 Å². The van der Waals surface area contributed by atoms with Crippen molar-refractivity contribution >= 4 is 32.6 Å². The minimum absolute atomic E-state index is 0.0625. The summed E-state index contributed by atoms with van der Waals surface area (Å²) in [4.78, 5) is 18.8. The van der Waals surface area contributed by atoms with Crippen molar-refractivity contribution in [2.75, 3.05) is 18.0 Å². The Morgan fingerprint density at radius 2 is 2.00 bits per heavy atom. The maximum absolute atomic E-state index is 13.9. The van der Waals surface area contributed by atoms with Gasteiger partial charge in [-0.1, -0.05) is 11.3 Å². The third kappa shape index (κ3) is 3.51. The van der Waals surface area contributed by atoms with Gasteiger partial charge in [0.05, 0.1) is 10.4 Å². The molecule has 0 saturated carbocycles. The zero-order valence-corrected chi connectivity index (χ0v) is 15.8. The molecule has 27 heavy (non-hydrogen) atoms. The van der Waals surface area contributed by atoms with E-state index in [0.29, 0.717) is 28.6 Å². The first-order valence-electron chi connectivity index (χ1n) is 8.73. The highest BCUT2D eigenvalue weighted by Crippen LogP contribution is 2.32. The Labute approximate surface area is 158 Å². The standard InChI is InChI=1S/C18H19F2N5OS/c1-10-7-14(24(2)23-10)17(26)21-12-3-5-25(6-4-12)18-22-16-13(20)8-11(19)9-15(16)27-18/h7-9,12H,3-6H2,1-2H3,(H,21,26). The number of nitrogens with zero attached hydrogens (tertiary/aromatic N) is 4. The van der Waals surface area contributed by atoms with Crippen LogP contribution in [0.15, 0.2) is 18.2 Å². The number of hydrogen-bond donors (Lipinski definition) is 1. The summed E-state index contributed by atoms with van der Waals surface area (Å²) >= 11 is 1.28. The van der Waals surface area contributed by atoms with Crippen molar-refractivity contribution in [3.05, 3.63) is 41.2 Å². The smallest absolute Gasteiger partial charge is 0.269 e. The van der Waals surface area contributed by atoms with Gasteiger partial charge in [0.25, 0.3) is 5.91 Å².